The zero-order chi connectivity index (χ0) is 11.2. The van der Waals surface area contributed by atoms with E-state index < -0.39 is 0 Å². The fourth-order valence-electron chi connectivity index (χ4n) is 2.66. The molecule has 0 rings (SSSR count). The van der Waals surface area contributed by atoms with E-state index in [-0.39, 0.29) is 24.5 Å². The molecule has 0 aliphatic carbocycles. The Morgan fingerprint density at radius 2 is 1.79 bits per heavy atom. The van der Waals surface area contributed by atoms with Crippen molar-refractivity contribution in [1.82, 2.24) is 0 Å². The summed E-state index contributed by atoms with van der Waals surface area (Å²) in [6, 6.07) is 0. The number of aliphatic hydroxyl groups is 2. The Morgan fingerprint density at radius 1 is 1.21 bits per heavy atom. The molecule has 0 bridgehead atoms. The quantitative estimate of drug-likeness (QED) is 0.665. The van der Waals surface area contributed by atoms with Crippen LogP contribution in [0.3, 0.4) is 0 Å². The van der Waals surface area contributed by atoms with Crippen molar-refractivity contribution >= 4 is 0 Å². The minimum atomic E-state index is -0.0222. The average molecular weight is 202 g/mol. The summed E-state index contributed by atoms with van der Waals surface area (Å²) in [5, 5.41) is 18.7. The Balaban J connectivity index is 4.57. The molecule has 3 unspecified atom stereocenters. The normalized spacial score (nSPS) is 20.1. The van der Waals surface area contributed by atoms with Crippen LogP contribution in [0.5, 0.6) is 0 Å². The molecule has 86 valence electrons. The van der Waals surface area contributed by atoms with E-state index in [1.807, 2.05) is 0 Å². The standard InChI is InChI=1S/C12H26O2/c1-5-7-12(4,9-14)11(6-2)10(3)8-13/h10-11,13-14H,5-9H2,1-4H3. The molecule has 0 saturated heterocycles. The molecular weight excluding hydrogens is 176 g/mol. The Hall–Kier alpha value is -0.0800. The molecule has 2 N–H and O–H groups in total. The summed E-state index contributed by atoms with van der Waals surface area (Å²) < 4.78 is 0. The first kappa shape index (κ1) is 13.9. The largest absolute Gasteiger partial charge is 0.396 e. The third-order valence-corrected chi connectivity index (χ3v) is 3.49. The lowest BCUT2D eigenvalue weighted by Crippen LogP contribution is -2.36. The maximum atomic E-state index is 9.48. The number of rotatable bonds is 7. The van der Waals surface area contributed by atoms with Crippen LogP contribution in [0.25, 0.3) is 0 Å². The van der Waals surface area contributed by atoms with Crippen LogP contribution in [0, 0.1) is 17.3 Å². The molecule has 2 nitrogen and oxygen atoms in total. The molecule has 0 aliphatic rings. The van der Waals surface area contributed by atoms with Crippen LogP contribution in [0.2, 0.25) is 0 Å². The maximum Gasteiger partial charge on any atom is 0.0487 e. The summed E-state index contributed by atoms with van der Waals surface area (Å²) in [6.45, 7) is 8.93. The first-order valence-electron chi connectivity index (χ1n) is 5.77. The van der Waals surface area contributed by atoms with E-state index in [1.165, 1.54) is 0 Å². The minimum Gasteiger partial charge on any atom is -0.396 e. The zero-order valence-corrected chi connectivity index (χ0v) is 10.1. The predicted octanol–water partition coefficient (Wildman–Crippen LogP) is 2.44. The predicted molar refractivity (Wildman–Crippen MR) is 60.1 cm³/mol. The fraction of sp³-hybridized carbons (Fsp3) is 1.00. The fourth-order valence-corrected chi connectivity index (χ4v) is 2.66. The first-order chi connectivity index (χ1) is 6.55. The highest BCUT2D eigenvalue weighted by atomic mass is 16.3. The van der Waals surface area contributed by atoms with Gasteiger partial charge in [0.05, 0.1) is 0 Å². The number of aliphatic hydroxyl groups excluding tert-OH is 2. The van der Waals surface area contributed by atoms with Gasteiger partial charge in [-0.05, 0) is 23.7 Å². The average Bonchev–Trinajstić information content (AvgIpc) is 2.19. The van der Waals surface area contributed by atoms with Crippen LogP contribution in [-0.2, 0) is 0 Å². The highest BCUT2D eigenvalue weighted by Crippen LogP contribution is 2.38. The molecule has 0 spiro atoms. The van der Waals surface area contributed by atoms with Gasteiger partial charge in [0.2, 0.25) is 0 Å². The van der Waals surface area contributed by atoms with E-state index in [0.29, 0.717) is 5.92 Å². The van der Waals surface area contributed by atoms with Gasteiger partial charge in [-0.15, -0.1) is 0 Å². The van der Waals surface area contributed by atoms with Crippen molar-refractivity contribution in [3.8, 4) is 0 Å². The van der Waals surface area contributed by atoms with Crippen LogP contribution in [0.1, 0.15) is 47.0 Å². The van der Waals surface area contributed by atoms with E-state index >= 15 is 0 Å². The molecule has 0 heterocycles. The van der Waals surface area contributed by atoms with Crippen molar-refractivity contribution < 1.29 is 10.2 Å². The van der Waals surface area contributed by atoms with Crippen LogP contribution >= 0.6 is 0 Å². The molecular formula is C12H26O2. The first-order valence-corrected chi connectivity index (χ1v) is 5.77. The molecule has 14 heavy (non-hydrogen) atoms. The summed E-state index contributed by atoms with van der Waals surface area (Å²) in [5.41, 5.74) is -0.0222. The molecule has 0 aliphatic heterocycles. The van der Waals surface area contributed by atoms with Crippen LogP contribution in [-0.4, -0.2) is 23.4 Å². The Kier molecular flexibility index (Phi) is 6.38. The summed E-state index contributed by atoms with van der Waals surface area (Å²) in [6.07, 6.45) is 3.15. The van der Waals surface area contributed by atoms with Crippen molar-refractivity contribution in [3.05, 3.63) is 0 Å². The van der Waals surface area contributed by atoms with Crippen LogP contribution in [0.4, 0.5) is 0 Å². The van der Waals surface area contributed by atoms with Crippen molar-refractivity contribution in [2.45, 2.75) is 47.0 Å². The van der Waals surface area contributed by atoms with Crippen molar-refractivity contribution in [2.24, 2.45) is 17.3 Å². The lowest BCUT2D eigenvalue weighted by atomic mass is 9.68. The second kappa shape index (κ2) is 6.41. The molecule has 0 aromatic carbocycles. The third-order valence-electron chi connectivity index (χ3n) is 3.49. The molecule has 0 radical (unpaired) electrons. The third kappa shape index (κ3) is 3.25. The summed E-state index contributed by atoms with van der Waals surface area (Å²) in [5.74, 6) is 0.696. The van der Waals surface area contributed by atoms with E-state index in [9.17, 15) is 10.2 Å². The van der Waals surface area contributed by atoms with Gasteiger partial charge >= 0.3 is 0 Å². The molecule has 0 amide bonds. The second-order valence-corrected chi connectivity index (χ2v) is 4.74. The summed E-state index contributed by atoms with van der Waals surface area (Å²) in [4.78, 5) is 0. The van der Waals surface area contributed by atoms with Gasteiger partial charge in [-0.2, -0.15) is 0 Å². The monoisotopic (exact) mass is 202 g/mol. The molecule has 3 atom stereocenters. The van der Waals surface area contributed by atoms with Gasteiger partial charge in [0.15, 0.2) is 0 Å². The molecule has 2 heteroatoms. The van der Waals surface area contributed by atoms with Gasteiger partial charge in [0.1, 0.15) is 0 Å². The van der Waals surface area contributed by atoms with Gasteiger partial charge in [-0.3, -0.25) is 0 Å². The van der Waals surface area contributed by atoms with Crippen molar-refractivity contribution in [3.63, 3.8) is 0 Å². The number of hydrogen-bond acceptors (Lipinski definition) is 2. The Labute approximate surface area is 88.3 Å². The molecule has 0 saturated carbocycles. The van der Waals surface area contributed by atoms with E-state index in [0.717, 1.165) is 19.3 Å². The lowest BCUT2D eigenvalue weighted by Gasteiger charge is -2.39. The van der Waals surface area contributed by atoms with Gasteiger partial charge in [0.25, 0.3) is 0 Å². The van der Waals surface area contributed by atoms with Gasteiger partial charge in [-0.25, -0.2) is 0 Å². The van der Waals surface area contributed by atoms with Gasteiger partial charge < -0.3 is 10.2 Å². The van der Waals surface area contributed by atoms with Gasteiger partial charge in [-0.1, -0.05) is 40.5 Å². The lowest BCUT2D eigenvalue weighted by molar-refractivity contribution is 0.0201. The Bertz CT molecular complexity index is 147. The molecule has 0 aromatic rings. The maximum absolute atomic E-state index is 9.48. The highest BCUT2D eigenvalue weighted by Gasteiger charge is 2.34. The van der Waals surface area contributed by atoms with E-state index in [2.05, 4.69) is 27.7 Å². The van der Waals surface area contributed by atoms with Crippen LogP contribution in [0.15, 0.2) is 0 Å². The summed E-state index contributed by atoms with van der Waals surface area (Å²) in [7, 11) is 0. The number of hydrogen-bond donors (Lipinski definition) is 2. The SMILES string of the molecule is CCCC(C)(CO)C(CC)C(C)CO. The van der Waals surface area contributed by atoms with Gasteiger partial charge in [0, 0.05) is 13.2 Å². The highest BCUT2D eigenvalue weighted by molar-refractivity contribution is 4.83. The van der Waals surface area contributed by atoms with Crippen molar-refractivity contribution in [1.29, 1.82) is 0 Å². The smallest absolute Gasteiger partial charge is 0.0487 e. The van der Waals surface area contributed by atoms with Crippen molar-refractivity contribution in [2.75, 3.05) is 13.2 Å². The minimum absolute atomic E-state index is 0.0222. The van der Waals surface area contributed by atoms with Crippen LogP contribution < -0.4 is 0 Å². The van der Waals surface area contributed by atoms with E-state index in [1.54, 1.807) is 0 Å². The second-order valence-electron chi connectivity index (χ2n) is 4.74. The Morgan fingerprint density at radius 3 is 2.07 bits per heavy atom. The summed E-state index contributed by atoms with van der Waals surface area (Å²) >= 11 is 0. The van der Waals surface area contributed by atoms with E-state index in [4.69, 9.17) is 0 Å². The molecule has 0 fully saturated rings. The molecule has 0 aromatic heterocycles. The topological polar surface area (TPSA) is 40.5 Å². The zero-order valence-electron chi connectivity index (χ0n) is 10.1.